The summed E-state index contributed by atoms with van der Waals surface area (Å²) in [7, 11) is 0. The van der Waals surface area contributed by atoms with Crippen molar-refractivity contribution >= 4 is 45.2 Å². The molecule has 0 spiro atoms. The first-order chi connectivity index (χ1) is 12.6. The number of amides is 1. The first-order valence-corrected chi connectivity index (χ1v) is 10.9. The highest BCUT2D eigenvalue weighted by atomic mass is 32.2. The van der Waals surface area contributed by atoms with E-state index in [0.717, 1.165) is 46.8 Å². The van der Waals surface area contributed by atoms with Gasteiger partial charge in [-0.15, -0.1) is 11.3 Å². The lowest BCUT2D eigenvalue weighted by Crippen LogP contribution is -2.48. The molecule has 1 amide bonds. The molecule has 0 aliphatic carbocycles. The lowest BCUT2D eigenvalue weighted by Gasteiger charge is -2.36. The van der Waals surface area contributed by atoms with E-state index in [4.69, 9.17) is 4.74 Å². The Morgan fingerprint density at radius 3 is 2.96 bits per heavy atom. The number of nitrogens with zero attached hydrogens (tertiary/aromatic N) is 2. The van der Waals surface area contributed by atoms with Gasteiger partial charge in [-0.25, -0.2) is 4.98 Å². The Hall–Kier alpha value is -1.60. The molecule has 3 rings (SSSR count). The molecule has 2 aromatic rings. The number of ether oxygens (including phenoxy) is 1. The maximum absolute atomic E-state index is 12.6. The predicted molar refractivity (Wildman–Crippen MR) is 106 cm³/mol. The van der Waals surface area contributed by atoms with Crippen molar-refractivity contribution in [3.63, 3.8) is 0 Å². The van der Waals surface area contributed by atoms with Crippen LogP contribution < -0.4 is 0 Å². The zero-order chi connectivity index (χ0) is 18.5. The van der Waals surface area contributed by atoms with Gasteiger partial charge in [0.2, 0.25) is 0 Å². The number of likely N-dealkylation sites (tertiary alicyclic amines) is 1. The summed E-state index contributed by atoms with van der Waals surface area (Å²) >= 11 is 2.92. The number of esters is 1. The monoisotopic (exact) mass is 392 g/mol. The van der Waals surface area contributed by atoms with Crippen molar-refractivity contribution in [1.82, 2.24) is 9.88 Å². The molecule has 1 aromatic heterocycles. The zero-order valence-corrected chi connectivity index (χ0v) is 16.8. The van der Waals surface area contributed by atoms with Crippen LogP contribution in [-0.4, -0.2) is 46.2 Å². The molecule has 1 aliphatic rings. The average molecular weight is 393 g/mol. The van der Waals surface area contributed by atoms with Crippen molar-refractivity contribution in [2.75, 3.05) is 12.3 Å². The largest absolute Gasteiger partial charge is 0.452 e. The highest BCUT2D eigenvalue weighted by molar-refractivity contribution is 8.01. The number of fused-ring (bicyclic) bond motifs is 1. The Morgan fingerprint density at radius 2 is 2.19 bits per heavy atom. The van der Waals surface area contributed by atoms with E-state index < -0.39 is 6.10 Å². The summed E-state index contributed by atoms with van der Waals surface area (Å²) in [5.41, 5.74) is 0.938. The molecular formula is C19H24N2O3S2. The first kappa shape index (κ1) is 19.2. The molecule has 1 aromatic carbocycles. The van der Waals surface area contributed by atoms with Crippen LogP contribution in [0.4, 0.5) is 0 Å². The topological polar surface area (TPSA) is 59.5 Å². The van der Waals surface area contributed by atoms with Gasteiger partial charge in [-0.05, 0) is 44.7 Å². The molecule has 1 fully saturated rings. The third kappa shape index (κ3) is 4.57. The van der Waals surface area contributed by atoms with Crippen molar-refractivity contribution in [3.8, 4) is 0 Å². The van der Waals surface area contributed by atoms with Crippen LogP contribution >= 0.6 is 23.1 Å². The van der Waals surface area contributed by atoms with Crippen molar-refractivity contribution in [2.45, 2.75) is 56.0 Å². The predicted octanol–water partition coefficient (Wildman–Crippen LogP) is 4.11. The van der Waals surface area contributed by atoms with E-state index in [0.29, 0.717) is 0 Å². The number of benzene rings is 1. The highest BCUT2D eigenvalue weighted by Crippen LogP contribution is 2.29. The number of thioether (sulfide) groups is 1. The summed E-state index contributed by atoms with van der Waals surface area (Å²) in [6, 6.07) is 8.16. The second-order valence-corrected chi connectivity index (χ2v) is 8.71. The molecule has 2 atom stereocenters. The van der Waals surface area contributed by atoms with E-state index in [1.807, 2.05) is 29.2 Å². The highest BCUT2D eigenvalue weighted by Gasteiger charge is 2.30. The quantitative estimate of drug-likeness (QED) is 0.547. The minimum atomic E-state index is -0.731. The Bertz CT molecular complexity index is 744. The van der Waals surface area contributed by atoms with Crippen molar-refractivity contribution in [3.05, 3.63) is 24.3 Å². The maximum atomic E-state index is 12.6. The smallest absolute Gasteiger partial charge is 0.317 e. The number of thiazole rings is 1. The van der Waals surface area contributed by atoms with Crippen LogP contribution in [0.5, 0.6) is 0 Å². The van der Waals surface area contributed by atoms with Gasteiger partial charge >= 0.3 is 5.97 Å². The van der Waals surface area contributed by atoms with Crippen molar-refractivity contribution in [2.24, 2.45) is 0 Å². The van der Waals surface area contributed by atoms with Gasteiger partial charge in [0.1, 0.15) is 0 Å². The lowest BCUT2D eigenvalue weighted by atomic mass is 9.99. The molecule has 2 heterocycles. The number of para-hydroxylation sites is 1. The number of carbonyl (C=O) groups is 2. The second-order valence-electron chi connectivity index (χ2n) is 6.46. The summed E-state index contributed by atoms with van der Waals surface area (Å²) in [5, 5.41) is 0. The summed E-state index contributed by atoms with van der Waals surface area (Å²) in [6.45, 7) is 4.53. The van der Waals surface area contributed by atoms with Gasteiger partial charge in [0.25, 0.3) is 5.91 Å². The van der Waals surface area contributed by atoms with Crippen LogP contribution in [0, 0.1) is 0 Å². The van der Waals surface area contributed by atoms with E-state index >= 15 is 0 Å². The van der Waals surface area contributed by atoms with Gasteiger partial charge < -0.3 is 9.64 Å². The minimum absolute atomic E-state index is 0.0742. The zero-order valence-electron chi connectivity index (χ0n) is 15.1. The fourth-order valence-electron chi connectivity index (χ4n) is 3.26. The molecule has 5 nitrogen and oxygen atoms in total. The molecule has 0 radical (unpaired) electrons. The van der Waals surface area contributed by atoms with Gasteiger partial charge in [0.05, 0.1) is 16.0 Å². The second kappa shape index (κ2) is 8.86. The molecule has 26 heavy (non-hydrogen) atoms. The van der Waals surface area contributed by atoms with Crippen LogP contribution in [0.2, 0.25) is 0 Å². The van der Waals surface area contributed by atoms with Gasteiger partial charge in [-0.3, -0.25) is 9.59 Å². The van der Waals surface area contributed by atoms with Crippen LogP contribution in [0.3, 0.4) is 0 Å². The van der Waals surface area contributed by atoms with E-state index in [2.05, 4.69) is 11.9 Å². The van der Waals surface area contributed by atoms with E-state index in [-0.39, 0.29) is 23.7 Å². The maximum Gasteiger partial charge on any atom is 0.317 e. The van der Waals surface area contributed by atoms with Gasteiger partial charge in [-0.2, -0.15) is 0 Å². The van der Waals surface area contributed by atoms with Crippen LogP contribution in [0.15, 0.2) is 28.6 Å². The Kier molecular flexibility index (Phi) is 6.53. The van der Waals surface area contributed by atoms with Crippen LogP contribution in [0.1, 0.15) is 39.5 Å². The molecule has 0 N–H and O–H groups in total. The standard InChI is InChI=1S/C19H24N2O3S2/c1-3-14-8-6-7-11-21(14)18(23)13(2)24-17(22)12-25-19-20-15-9-4-5-10-16(15)26-19/h4-5,9-10,13-14H,3,6-8,11-12H2,1-2H3. The van der Waals surface area contributed by atoms with Gasteiger partial charge in [0, 0.05) is 12.6 Å². The molecule has 0 bridgehead atoms. The van der Waals surface area contributed by atoms with E-state index in [1.165, 1.54) is 11.8 Å². The molecule has 2 unspecified atom stereocenters. The molecular weight excluding hydrogens is 368 g/mol. The number of hydrogen-bond donors (Lipinski definition) is 0. The lowest BCUT2D eigenvalue weighted by molar-refractivity contribution is -0.159. The Balaban J connectivity index is 1.51. The molecule has 1 aliphatic heterocycles. The Morgan fingerprint density at radius 1 is 1.38 bits per heavy atom. The number of hydrogen-bond acceptors (Lipinski definition) is 6. The number of carbonyl (C=O) groups excluding carboxylic acids is 2. The summed E-state index contributed by atoms with van der Waals surface area (Å²) in [4.78, 5) is 31.2. The average Bonchev–Trinajstić information content (AvgIpc) is 3.08. The number of aromatic nitrogens is 1. The molecule has 0 saturated carbocycles. The Labute approximate surface area is 162 Å². The van der Waals surface area contributed by atoms with Crippen molar-refractivity contribution in [1.29, 1.82) is 0 Å². The third-order valence-corrected chi connectivity index (χ3v) is 6.78. The van der Waals surface area contributed by atoms with Gasteiger partial charge in [-0.1, -0.05) is 30.8 Å². The van der Waals surface area contributed by atoms with Crippen LogP contribution in [0.25, 0.3) is 10.2 Å². The third-order valence-electron chi connectivity index (χ3n) is 4.63. The fraction of sp³-hybridized carbons (Fsp3) is 0.526. The fourth-order valence-corrected chi connectivity index (χ4v) is 5.11. The van der Waals surface area contributed by atoms with Crippen molar-refractivity contribution < 1.29 is 14.3 Å². The summed E-state index contributed by atoms with van der Waals surface area (Å²) in [6.07, 6.45) is 3.44. The van der Waals surface area contributed by atoms with Crippen LogP contribution in [-0.2, 0) is 14.3 Å². The number of piperidine rings is 1. The summed E-state index contributed by atoms with van der Waals surface area (Å²) < 4.78 is 7.32. The molecule has 1 saturated heterocycles. The number of rotatable bonds is 6. The van der Waals surface area contributed by atoms with Gasteiger partial charge in [0.15, 0.2) is 10.4 Å². The minimum Gasteiger partial charge on any atom is -0.452 e. The van der Waals surface area contributed by atoms with E-state index in [1.54, 1.807) is 18.3 Å². The van der Waals surface area contributed by atoms with E-state index in [9.17, 15) is 9.59 Å². The normalized spacial score (nSPS) is 18.7. The molecule has 140 valence electrons. The SMILES string of the molecule is CCC1CCCCN1C(=O)C(C)OC(=O)CSc1nc2ccccc2s1. The summed E-state index contributed by atoms with van der Waals surface area (Å²) in [5.74, 6) is -0.288. The first-order valence-electron chi connectivity index (χ1n) is 9.06. The molecule has 7 heteroatoms.